The van der Waals surface area contributed by atoms with Crippen molar-refractivity contribution < 1.29 is 4.79 Å². The van der Waals surface area contributed by atoms with Gasteiger partial charge in [0.15, 0.2) is 0 Å². The van der Waals surface area contributed by atoms with Crippen LogP contribution in [0.4, 0.5) is 0 Å². The van der Waals surface area contributed by atoms with E-state index in [0.29, 0.717) is 33.0 Å². The fourth-order valence-corrected chi connectivity index (χ4v) is 4.91. The number of aromatic nitrogens is 2. The summed E-state index contributed by atoms with van der Waals surface area (Å²) in [6.45, 7) is 7.30. The Labute approximate surface area is 167 Å². The Bertz CT molecular complexity index is 1080. The van der Waals surface area contributed by atoms with E-state index in [9.17, 15) is 9.59 Å². The van der Waals surface area contributed by atoms with Crippen LogP contribution in [0, 0.1) is 13.8 Å². The summed E-state index contributed by atoms with van der Waals surface area (Å²) in [5.41, 5.74) is 2.85. The molecular weight excluding hydrogens is 372 g/mol. The molecule has 1 aromatic carbocycles. The van der Waals surface area contributed by atoms with E-state index in [1.165, 1.54) is 42.8 Å². The van der Waals surface area contributed by atoms with Gasteiger partial charge in [-0.1, -0.05) is 24.3 Å². The highest BCUT2D eigenvalue weighted by atomic mass is 32.1. The van der Waals surface area contributed by atoms with E-state index in [1.807, 2.05) is 12.1 Å². The highest BCUT2D eigenvalue weighted by Gasteiger charge is 2.19. The van der Waals surface area contributed by atoms with Gasteiger partial charge in [-0.2, -0.15) is 0 Å². The summed E-state index contributed by atoms with van der Waals surface area (Å²) in [6.07, 6.45) is 2.56. The molecule has 0 spiro atoms. The van der Waals surface area contributed by atoms with Crippen LogP contribution in [0.15, 0.2) is 29.1 Å². The molecule has 146 valence electrons. The summed E-state index contributed by atoms with van der Waals surface area (Å²) in [7, 11) is 0. The van der Waals surface area contributed by atoms with Gasteiger partial charge in [-0.05, 0) is 56.5 Å². The lowest BCUT2D eigenvalue weighted by Gasteiger charge is -2.15. The smallest absolute Gasteiger partial charge is 0.261 e. The predicted octanol–water partition coefficient (Wildman–Crippen LogP) is 3.13. The number of rotatable bonds is 5. The average Bonchev–Trinajstić information content (AvgIpc) is 3.28. The highest BCUT2D eigenvalue weighted by molar-refractivity contribution is 7.20. The predicted molar refractivity (Wildman–Crippen MR) is 112 cm³/mol. The number of benzene rings is 1. The van der Waals surface area contributed by atoms with Gasteiger partial charge < -0.3 is 10.3 Å². The molecule has 2 N–H and O–H groups in total. The van der Waals surface area contributed by atoms with Crippen molar-refractivity contribution in [2.24, 2.45) is 0 Å². The van der Waals surface area contributed by atoms with Crippen LogP contribution in [0.1, 0.15) is 45.0 Å². The molecule has 3 aromatic rings. The summed E-state index contributed by atoms with van der Waals surface area (Å²) in [5.74, 6) is 0.392. The summed E-state index contributed by atoms with van der Waals surface area (Å²) >= 11 is 1.27. The van der Waals surface area contributed by atoms with Crippen molar-refractivity contribution in [2.75, 3.05) is 13.1 Å². The molecular formula is C21H24N4O2S. The van der Waals surface area contributed by atoms with Gasteiger partial charge in [-0.25, -0.2) is 4.98 Å². The lowest BCUT2D eigenvalue weighted by atomic mass is 10.1. The minimum absolute atomic E-state index is 0.164. The summed E-state index contributed by atoms with van der Waals surface area (Å²) in [6, 6.07) is 8.37. The molecule has 3 heterocycles. The molecule has 0 atom stereocenters. The van der Waals surface area contributed by atoms with Crippen LogP contribution in [0.3, 0.4) is 0 Å². The summed E-state index contributed by atoms with van der Waals surface area (Å²) < 4.78 is 0. The molecule has 1 aliphatic rings. The molecule has 1 saturated heterocycles. The molecule has 0 unspecified atom stereocenters. The maximum absolute atomic E-state index is 12.7. The standard InChI is InChI=1S/C21H24N4O2S/c1-13-17-19(26)23-14(2)24-21(17)28-18(13)20(27)22-11-15-6-5-7-16(10-15)12-25-8-3-4-9-25/h5-7,10H,3-4,8-9,11-12H2,1-2H3,(H,22,27)(H,23,24,26). The molecule has 7 heteroatoms. The molecule has 1 fully saturated rings. The van der Waals surface area contributed by atoms with E-state index >= 15 is 0 Å². The van der Waals surface area contributed by atoms with Crippen LogP contribution in [-0.4, -0.2) is 33.9 Å². The van der Waals surface area contributed by atoms with Crippen molar-refractivity contribution in [2.45, 2.75) is 39.8 Å². The molecule has 0 aliphatic carbocycles. The number of carbonyl (C=O) groups is 1. The number of nitrogens with zero attached hydrogens (tertiary/aromatic N) is 2. The van der Waals surface area contributed by atoms with Crippen LogP contribution in [0.2, 0.25) is 0 Å². The Balaban J connectivity index is 1.47. The van der Waals surface area contributed by atoms with Gasteiger partial charge in [0.1, 0.15) is 10.7 Å². The van der Waals surface area contributed by atoms with Gasteiger partial charge in [-0.3, -0.25) is 14.5 Å². The maximum Gasteiger partial charge on any atom is 0.261 e. The quantitative estimate of drug-likeness (QED) is 0.695. The third kappa shape index (κ3) is 3.86. The molecule has 0 bridgehead atoms. The van der Waals surface area contributed by atoms with Crippen molar-refractivity contribution in [3.63, 3.8) is 0 Å². The van der Waals surface area contributed by atoms with Crippen LogP contribution >= 0.6 is 11.3 Å². The third-order valence-corrected chi connectivity index (χ3v) is 6.36. The van der Waals surface area contributed by atoms with E-state index in [0.717, 1.165) is 12.1 Å². The number of fused-ring (bicyclic) bond motifs is 1. The monoisotopic (exact) mass is 396 g/mol. The summed E-state index contributed by atoms with van der Waals surface area (Å²) in [5, 5.41) is 3.50. The topological polar surface area (TPSA) is 78.1 Å². The zero-order valence-corrected chi connectivity index (χ0v) is 17.0. The van der Waals surface area contributed by atoms with E-state index < -0.39 is 0 Å². The lowest BCUT2D eigenvalue weighted by Crippen LogP contribution is -2.23. The number of aromatic amines is 1. The molecule has 0 radical (unpaired) electrons. The molecule has 1 amide bonds. The minimum Gasteiger partial charge on any atom is -0.347 e. The van der Waals surface area contributed by atoms with Gasteiger partial charge in [0, 0.05) is 13.1 Å². The van der Waals surface area contributed by atoms with Crippen molar-refractivity contribution in [3.8, 4) is 0 Å². The minimum atomic E-state index is -0.190. The normalized spacial score (nSPS) is 14.6. The number of hydrogen-bond acceptors (Lipinski definition) is 5. The Morgan fingerprint density at radius 1 is 1.25 bits per heavy atom. The lowest BCUT2D eigenvalue weighted by molar-refractivity contribution is 0.0954. The molecule has 28 heavy (non-hydrogen) atoms. The van der Waals surface area contributed by atoms with Crippen molar-refractivity contribution in [1.82, 2.24) is 20.2 Å². The van der Waals surface area contributed by atoms with Crippen LogP contribution in [0.5, 0.6) is 0 Å². The Morgan fingerprint density at radius 2 is 2.00 bits per heavy atom. The molecule has 6 nitrogen and oxygen atoms in total. The third-order valence-electron chi connectivity index (χ3n) is 5.17. The number of thiophene rings is 1. The van der Waals surface area contributed by atoms with Crippen molar-refractivity contribution in [1.29, 1.82) is 0 Å². The Kier molecular flexibility index (Phi) is 5.28. The van der Waals surface area contributed by atoms with E-state index in [-0.39, 0.29) is 11.5 Å². The second-order valence-electron chi connectivity index (χ2n) is 7.37. The van der Waals surface area contributed by atoms with E-state index in [1.54, 1.807) is 13.8 Å². The maximum atomic E-state index is 12.7. The first kappa shape index (κ1) is 18.8. The largest absolute Gasteiger partial charge is 0.347 e. The van der Waals surface area contributed by atoms with Gasteiger partial charge in [-0.15, -0.1) is 11.3 Å². The first-order chi connectivity index (χ1) is 13.5. The number of nitrogens with one attached hydrogen (secondary N) is 2. The highest BCUT2D eigenvalue weighted by Crippen LogP contribution is 2.26. The first-order valence-electron chi connectivity index (χ1n) is 9.59. The second-order valence-corrected chi connectivity index (χ2v) is 8.37. The zero-order chi connectivity index (χ0) is 19.7. The van der Waals surface area contributed by atoms with Crippen LogP contribution in [0.25, 0.3) is 10.2 Å². The Morgan fingerprint density at radius 3 is 2.79 bits per heavy atom. The van der Waals surface area contributed by atoms with Crippen LogP contribution < -0.4 is 10.9 Å². The molecule has 2 aromatic heterocycles. The number of H-pyrrole nitrogens is 1. The fraction of sp³-hybridized carbons (Fsp3) is 0.381. The Hall–Kier alpha value is -2.51. The number of carbonyl (C=O) groups excluding carboxylic acids is 1. The van der Waals surface area contributed by atoms with E-state index in [4.69, 9.17) is 0 Å². The first-order valence-corrected chi connectivity index (χ1v) is 10.4. The molecule has 0 saturated carbocycles. The summed E-state index contributed by atoms with van der Waals surface area (Å²) in [4.78, 5) is 35.6. The molecule has 4 rings (SSSR count). The number of aryl methyl sites for hydroxylation is 2. The molecule has 1 aliphatic heterocycles. The number of hydrogen-bond donors (Lipinski definition) is 2. The van der Waals surface area contributed by atoms with Crippen molar-refractivity contribution in [3.05, 3.63) is 62.0 Å². The van der Waals surface area contributed by atoms with Crippen LogP contribution in [-0.2, 0) is 13.1 Å². The number of likely N-dealkylation sites (tertiary alicyclic amines) is 1. The van der Waals surface area contributed by atoms with Crippen molar-refractivity contribution >= 4 is 27.5 Å². The van der Waals surface area contributed by atoms with Gasteiger partial charge in [0.25, 0.3) is 11.5 Å². The van der Waals surface area contributed by atoms with Gasteiger partial charge >= 0.3 is 0 Å². The van der Waals surface area contributed by atoms with E-state index in [2.05, 4.69) is 32.3 Å². The average molecular weight is 397 g/mol. The number of amides is 1. The zero-order valence-electron chi connectivity index (χ0n) is 16.2. The fourth-order valence-electron chi connectivity index (χ4n) is 3.77. The second kappa shape index (κ2) is 7.85. The SMILES string of the molecule is Cc1nc2sc(C(=O)NCc3cccc(CN4CCCC4)c3)c(C)c2c(=O)[nH]1. The van der Waals surface area contributed by atoms with Gasteiger partial charge in [0.2, 0.25) is 0 Å². The van der Waals surface area contributed by atoms with Gasteiger partial charge in [0.05, 0.1) is 10.3 Å².